The molecule has 0 aliphatic carbocycles. The normalized spacial score (nSPS) is 14.3. The van der Waals surface area contributed by atoms with Gasteiger partial charge in [-0.2, -0.15) is 5.26 Å². The molecule has 1 heterocycles. The Morgan fingerprint density at radius 1 is 1.69 bits per heavy atom. The van der Waals surface area contributed by atoms with Gasteiger partial charge in [-0.1, -0.05) is 18.7 Å². The predicted molar refractivity (Wildman–Crippen MR) is 64.2 cm³/mol. The Hall–Kier alpha value is -0.990. The van der Waals surface area contributed by atoms with E-state index in [1.807, 2.05) is 14.0 Å². The smallest absolute Gasteiger partial charge is 0.255 e. The molecule has 4 nitrogen and oxygen atoms in total. The molecular weight excluding hydrogens is 222 g/mol. The van der Waals surface area contributed by atoms with Gasteiger partial charge in [0.2, 0.25) is 0 Å². The van der Waals surface area contributed by atoms with E-state index in [9.17, 15) is 0 Å². The van der Waals surface area contributed by atoms with Crippen molar-refractivity contribution in [3.63, 3.8) is 0 Å². The Balaban J connectivity index is 2.27. The van der Waals surface area contributed by atoms with Gasteiger partial charge in [0.25, 0.3) is 5.22 Å². The molecular formula is C11H17N3OS. The second-order valence-electron chi connectivity index (χ2n) is 3.55. The Morgan fingerprint density at radius 3 is 3.00 bits per heavy atom. The molecule has 1 aromatic heterocycles. The summed E-state index contributed by atoms with van der Waals surface area (Å²) in [5.41, 5.74) is -0.378. The average Bonchev–Trinajstić information content (AvgIpc) is 2.83. The molecule has 0 saturated heterocycles. The van der Waals surface area contributed by atoms with E-state index in [1.165, 1.54) is 0 Å². The largest absolute Gasteiger partial charge is 0.440 e. The molecule has 0 radical (unpaired) electrons. The number of oxazole rings is 1. The number of thioether (sulfide) groups is 1. The van der Waals surface area contributed by atoms with Gasteiger partial charge in [0.1, 0.15) is 11.8 Å². The van der Waals surface area contributed by atoms with E-state index in [4.69, 9.17) is 9.68 Å². The second-order valence-corrected chi connectivity index (χ2v) is 4.59. The summed E-state index contributed by atoms with van der Waals surface area (Å²) in [6.07, 6.45) is 5.85. The number of rotatable bonds is 7. The standard InChI is InChI=1S/C11H17N3OS/c1-3-11(9-12,13-2)5-4-8-16-10-14-6-7-15-10/h6-7,13H,3-5,8H2,1-2H3. The summed E-state index contributed by atoms with van der Waals surface area (Å²) < 4.78 is 5.12. The summed E-state index contributed by atoms with van der Waals surface area (Å²) in [4.78, 5) is 4.03. The van der Waals surface area contributed by atoms with Gasteiger partial charge in [-0.15, -0.1) is 0 Å². The molecule has 1 rings (SSSR count). The minimum Gasteiger partial charge on any atom is -0.440 e. The monoisotopic (exact) mass is 239 g/mol. The van der Waals surface area contributed by atoms with Gasteiger partial charge in [-0.05, 0) is 26.3 Å². The SMILES string of the molecule is CCC(C#N)(CCCSc1ncco1)NC. The van der Waals surface area contributed by atoms with Crippen LogP contribution in [0, 0.1) is 11.3 Å². The van der Waals surface area contributed by atoms with Crippen molar-refractivity contribution in [3.05, 3.63) is 12.5 Å². The Labute approximate surface area is 100 Å². The number of nitrogens with zero attached hydrogens (tertiary/aromatic N) is 2. The number of hydrogen-bond donors (Lipinski definition) is 1. The van der Waals surface area contributed by atoms with Crippen molar-refractivity contribution in [2.75, 3.05) is 12.8 Å². The highest BCUT2D eigenvalue weighted by atomic mass is 32.2. The van der Waals surface area contributed by atoms with Crippen molar-refractivity contribution in [1.29, 1.82) is 5.26 Å². The van der Waals surface area contributed by atoms with Crippen molar-refractivity contribution in [1.82, 2.24) is 10.3 Å². The quantitative estimate of drug-likeness (QED) is 0.585. The number of hydrogen-bond acceptors (Lipinski definition) is 5. The van der Waals surface area contributed by atoms with E-state index >= 15 is 0 Å². The van der Waals surface area contributed by atoms with Crippen LogP contribution in [0.3, 0.4) is 0 Å². The number of aromatic nitrogens is 1. The maximum Gasteiger partial charge on any atom is 0.255 e. The third-order valence-corrected chi connectivity index (χ3v) is 3.62. The van der Waals surface area contributed by atoms with E-state index in [1.54, 1.807) is 24.2 Å². The van der Waals surface area contributed by atoms with Crippen LogP contribution in [0.25, 0.3) is 0 Å². The molecule has 0 amide bonds. The molecule has 1 unspecified atom stereocenters. The highest BCUT2D eigenvalue weighted by molar-refractivity contribution is 7.99. The molecule has 1 atom stereocenters. The van der Waals surface area contributed by atoms with Crippen molar-refractivity contribution in [3.8, 4) is 6.07 Å². The first-order valence-corrected chi connectivity index (χ1v) is 6.37. The van der Waals surface area contributed by atoms with Gasteiger partial charge < -0.3 is 9.73 Å². The van der Waals surface area contributed by atoms with Crippen LogP contribution in [0.5, 0.6) is 0 Å². The fourth-order valence-corrected chi connectivity index (χ4v) is 2.21. The van der Waals surface area contributed by atoms with Gasteiger partial charge in [-0.25, -0.2) is 4.98 Å². The molecule has 0 aliphatic rings. The fraction of sp³-hybridized carbons (Fsp3) is 0.636. The molecule has 1 N–H and O–H groups in total. The van der Waals surface area contributed by atoms with Crippen LogP contribution in [-0.4, -0.2) is 23.3 Å². The first-order valence-electron chi connectivity index (χ1n) is 5.39. The average molecular weight is 239 g/mol. The van der Waals surface area contributed by atoms with Crippen LogP contribution < -0.4 is 5.32 Å². The van der Waals surface area contributed by atoms with E-state index in [2.05, 4.69) is 16.4 Å². The zero-order chi connectivity index (χ0) is 11.9. The maximum absolute atomic E-state index is 9.11. The lowest BCUT2D eigenvalue weighted by Crippen LogP contribution is -2.40. The fourth-order valence-electron chi connectivity index (χ4n) is 1.48. The van der Waals surface area contributed by atoms with E-state index < -0.39 is 0 Å². The molecule has 0 bridgehead atoms. The molecule has 0 spiro atoms. The van der Waals surface area contributed by atoms with Gasteiger partial charge in [-0.3, -0.25) is 0 Å². The number of nitrogens with one attached hydrogen (secondary N) is 1. The maximum atomic E-state index is 9.11. The lowest BCUT2D eigenvalue weighted by atomic mass is 9.93. The van der Waals surface area contributed by atoms with Gasteiger partial charge in [0.05, 0.1) is 12.3 Å². The lowest BCUT2D eigenvalue weighted by molar-refractivity contribution is 0.400. The Morgan fingerprint density at radius 2 is 2.50 bits per heavy atom. The van der Waals surface area contributed by atoms with E-state index in [-0.39, 0.29) is 5.54 Å². The molecule has 16 heavy (non-hydrogen) atoms. The molecule has 0 fully saturated rings. The zero-order valence-corrected chi connectivity index (χ0v) is 10.5. The summed E-state index contributed by atoms with van der Waals surface area (Å²) in [6.45, 7) is 2.03. The Kier molecular flexibility index (Phi) is 5.36. The van der Waals surface area contributed by atoms with Crippen molar-refractivity contribution >= 4 is 11.8 Å². The second kappa shape index (κ2) is 6.56. The van der Waals surface area contributed by atoms with Crippen LogP contribution in [0.15, 0.2) is 22.1 Å². The van der Waals surface area contributed by atoms with Crippen molar-refractivity contribution < 1.29 is 4.42 Å². The van der Waals surface area contributed by atoms with Gasteiger partial charge >= 0.3 is 0 Å². The molecule has 0 aromatic carbocycles. The summed E-state index contributed by atoms with van der Waals surface area (Å²) in [5, 5.41) is 12.9. The molecule has 1 aromatic rings. The first kappa shape index (κ1) is 13.1. The van der Waals surface area contributed by atoms with Crippen LogP contribution in [-0.2, 0) is 0 Å². The minimum atomic E-state index is -0.378. The minimum absolute atomic E-state index is 0.378. The number of nitriles is 1. The summed E-state index contributed by atoms with van der Waals surface area (Å²) in [6, 6.07) is 2.35. The molecule has 5 heteroatoms. The Bertz CT molecular complexity index is 327. The van der Waals surface area contributed by atoms with Crippen molar-refractivity contribution in [2.24, 2.45) is 0 Å². The summed E-state index contributed by atoms with van der Waals surface area (Å²) in [7, 11) is 1.84. The van der Waals surface area contributed by atoms with Crippen LogP contribution in [0.2, 0.25) is 0 Å². The molecule has 0 aliphatic heterocycles. The third kappa shape index (κ3) is 3.54. The predicted octanol–water partition coefficient (Wildman–Crippen LogP) is 2.44. The highest BCUT2D eigenvalue weighted by Gasteiger charge is 2.24. The van der Waals surface area contributed by atoms with Gasteiger partial charge in [0, 0.05) is 5.75 Å². The van der Waals surface area contributed by atoms with Gasteiger partial charge in [0.15, 0.2) is 0 Å². The van der Waals surface area contributed by atoms with Crippen molar-refractivity contribution in [2.45, 2.75) is 36.9 Å². The summed E-state index contributed by atoms with van der Waals surface area (Å²) >= 11 is 1.58. The van der Waals surface area contributed by atoms with Crippen LogP contribution >= 0.6 is 11.8 Å². The van der Waals surface area contributed by atoms with Crippen LogP contribution in [0.4, 0.5) is 0 Å². The summed E-state index contributed by atoms with van der Waals surface area (Å²) in [5.74, 6) is 0.922. The van der Waals surface area contributed by atoms with Crippen LogP contribution in [0.1, 0.15) is 26.2 Å². The topological polar surface area (TPSA) is 61.9 Å². The third-order valence-electron chi connectivity index (χ3n) is 2.68. The zero-order valence-electron chi connectivity index (χ0n) is 9.69. The lowest BCUT2D eigenvalue weighted by Gasteiger charge is -2.23. The highest BCUT2D eigenvalue weighted by Crippen LogP contribution is 2.21. The van der Waals surface area contributed by atoms with E-state index in [0.717, 1.165) is 25.0 Å². The molecule has 88 valence electrons. The first-order chi connectivity index (χ1) is 7.76. The molecule has 0 saturated carbocycles. The van der Waals surface area contributed by atoms with E-state index in [0.29, 0.717) is 5.22 Å².